The number of amides is 1. The average molecular weight is 290 g/mol. The summed E-state index contributed by atoms with van der Waals surface area (Å²) in [5, 5.41) is 2.82. The van der Waals surface area contributed by atoms with Gasteiger partial charge in [-0.05, 0) is 43.3 Å². The lowest BCUT2D eigenvalue weighted by Gasteiger charge is -2.06. The quantitative estimate of drug-likeness (QED) is 0.804. The van der Waals surface area contributed by atoms with Crippen LogP contribution in [0.3, 0.4) is 0 Å². The van der Waals surface area contributed by atoms with Crippen molar-refractivity contribution in [3.05, 3.63) is 72.3 Å². The van der Waals surface area contributed by atoms with E-state index in [2.05, 4.69) is 20.3 Å². The Hall–Kier alpha value is -3.08. The molecule has 1 amide bonds. The molecule has 0 aliphatic carbocycles. The van der Waals surface area contributed by atoms with Crippen LogP contribution in [0.1, 0.15) is 16.1 Å². The number of pyridine rings is 3. The topological polar surface area (TPSA) is 67.8 Å². The summed E-state index contributed by atoms with van der Waals surface area (Å²) < 4.78 is 0. The molecule has 0 fully saturated rings. The summed E-state index contributed by atoms with van der Waals surface area (Å²) in [7, 11) is 0. The molecule has 0 saturated carbocycles. The molecule has 5 heteroatoms. The predicted octanol–water partition coefficient (Wildman–Crippen LogP) is 3.10. The molecule has 0 saturated heterocycles. The number of aromatic nitrogens is 3. The SMILES string of the molecule is Cc1cc(NC(=O)c2ccc(-c3ccccn3)nc2)ccn1. The van der Waals surface area contributed by atoms with Gasteiger partial charge in [0.1, 0.15) is 0 Å². The van der Waals surface area contributed by atoms with Gasteiger partial charge in [-0.25, -0.2) is 0 Å². The molecule has 0 aliphatic rings. The lowest BCUT2D eigenvalue weighted by atomic mass is 10.2. The summed E-state index contributed by atoms with van der Waals surface area (Å²) in [5.74, 6) is -0.203. The highest BCUT2D eigenvalue weighted by atomic mass is 16.1. The molecule has 1 N–H and O–H groups in total. The number of anilines is 1. The van der Waals surface area contributed by atoms with Gasteiger partial charge in [0, 0.05) is 30.0 Å². The maximum absolute atomic E-state index is 12.2. The Balaban J connectivity index is 1.76. The molecular weight excluding hydrogens is 276 g/mol. The van der Waals surface area contributed by atoms with Gasteiger partial charge >= 0.3 is 0 Å². The normalized spacial score (nSPS) is 10.2. The summed E-state index contributed by atoms with van der Waals surface area (Å²) in [6.45, 7) is 1.87. The maximum Gasteiger partial charge on any atom is 0.257 e. The molecule has 3 heterocycles. The van der Waals surface area contributed by atoms with Crippen LogP contribution in [0.5, 0.6) is 0 Å². The number of nitrogens with zero attached hydrogens (tertiary/aromatic N) is 3. The van der Waals surface area contributed by atoms with Crippen molar-refractivity contribution in [2.45, 2.75) is 6.92 Å². The summed E-state index contributed by atoms with van der Waals surface area (Å²) in [6.07, 6.45) is 4.92. The molecular formula is C17H14N4O. The zero-order valence-corrected chi connectivity index (χ0v) is 12.0. The Bertz CT molecular complexity index is 785. The van der Waals surface area contributed by atoms with E-state index in [0.717, 1.165) is 17.1 Å². The highest BCUT2D eigenvalue weighted by Crippen LogP contribution is 2.14. The minimum Gasteiger partial charge on any atom is -0.322 e. The summed E-state index contributed by atoms with van der Waals surface area (Å²) in [5.41, 5.74) is 3.57. The van der Waals surface area contributed by atoms with Crippen LogP contribution in [0.25, 0.3) is 11.4 Å². The monoisotopic (exact) mass is 290 g/mol. The van der Waals surface area contributed by atoms with Crippen LogP contribution in [0.4, 0.5) is 5.69 Å². The number of rotatable bonds is 3. The molecule has 0 aliphatic heterocycles. The molecule has 22 heavy (non-hydrogen) atoms. The third kappa shape index (κ3) is 3.15. The number of hydrogen-bond acceptors (Lipinski definition) is 4. The van der Waals surface area contributed by atoms with Gasteiger partial charge in [-0.2, -0.15) is 0 Å². The summed E-state index contributed by atoms with van der Waals surface area (Å²) in [4.78, 5) is 24.8. The van der Waals surface area contributed by atoms with Crippen molar-refractivity contribution >= 4 is 11.6 Å². The predicted molar refractivity (Wildman–Crippen MR) is 84.4 cm³/mol. The van der Waals surface area contributed by atoms with Crippen molar-refractivity contribution in [2.75, 3.05) is 5.32 Å². The van der Waals surface area contributed by atoms with Crippen LogP contribution in [-0.2, 0) is 0 Å². The minimum absolute atomic E-state index is 0.203. The van der Waals surface area contributed by atoms with Crippen molar-refractivity contribution in [3.8, 4) is 11.4 Å². The Morgan fingerprint density at radius 2 is 1.82 bits per heavy atom. The zero-order valence-electron chi connectivity index (χ0n) is 12.0. The number of nitrogens with one attached hydrogen (secondary N) is 1. The van der Waals surface area contributed by atoms with Crippen LogP contribution in [-0.4, -0.2) is 20.9 Å². The molecule has 108 valence electrons. The molecule has 0 atom stereocenters. The van der Waals surface area contributed by atoms with Gasteiger partial charge in [0.25, 0.3) is 5.91 Å². The fraction of sp³-hybridized carbons (Fsp3) is 0.0588. The van der Waals surface area contributed by atoms with E-state index < -0.39 is 0 Å². The van der Waals surface area contributed by atoms with Crippen LogP contribution in [0.15, 0.2) is 61.1 Å². The third-order valence-electron chi connectivity index (χ3n) is 3.11. The van der Waals surface area contributed by atoms with E-state index in [-0.39, 0.29) is 5.91 Å². The largest absolute Gasteiger partial charge is 0.322 e. The maximum atomic E-state index is 12.2. The Kier molecular flexibility index (Phi) is 3.87. The smallest absolute Gasteiger partial charge is 0.257 e. The first kappa shape index (κ1) is 13.9. The highest BCUT2D eigenvalue weighted by molar-refractivity contribution is 6.04. The molecule has 0 radical (unpaired) electrons. The Morgan fingerprint density at radius 1 is 0.955 bits per heavy atom. The molecule has 3 rings (SSSR count). The molecule has 0 unspecified atom stereocenters. The molecule has 0 spiro atoms. The average Bonchev–Trinajstić information content (AvgIpc) is 2.56. The number of aryl methyl sites for hydroxylation is 1. The zero-order chi connectivity index (χ0) is 15.4. The number of carbonyl (C=O) groups excluding carboxylic acids is 1. The fourth-order valence-corrected chi connectivity index (χ4v) is 2.02. The van der Waals surface area contributed by atoms with Crippen molar-refractivity contribution in [1.29, 1.82) is 0 Å². The second-order valence-electron chi connectivity index (χ2n) is 4.79. The van der Waals surface area contributed by atoms with Crippen molar-refractivity contribution < 1.29 is 4.79 Å². The molecule has 3 aromatic rings. The standard InChI is InChI=1S/C17H14N4O/c1-12-10-14(7-9-18-12)21-17(22)13-5-6-16(20-11-13)15-4-2-3-8-19-15/h2-11H,1H3,(H,18,21,22). The van der Waals surface area contributed by atoms with Crippen molar-refractivity contribution in [1.82, 2.24) is 15.0 Å². The van der Waals surface area contributed by atoms with E-state index in [4.69, 9.17) is 0 Å². The van der Waals surface area contributed by atoms with E-state index in [1.807, 2.05) is 31.2 Å². The van der Waals surface area contributed by atoms with Crippen LogP contribution in [0, 0.1) is 6.92 Å². The molecule has 3 aromatic heterocycles. The van der Waals surface area contributed by atoms with E-state index >= 15 is 0 Å². The van der Waals surface area contributed by atoms with Crippen LogP contribution in [0.2, 0.25) is 0 Å². The second-order valence-corrected chi connectivity index (χ2v) is 4.79. The number of carbonyl (C=O) groups is 1. The molecule has 0 aromatic carbocycles. The van der Waals surface area contributed by atoms with E-state index in [1.165, 1.54) is 0 Å². The number of hydrogen-bond donors (Lipinski definition) is 1. The minimum atomic E-state index is -0.203. The van der Waals surface area contributed by atoms with Gasteiger partial charge in [-0.3, -0.25) is 19.7 Å². The Labute approximate surface area is 128 Å². The lowest BCUT2D eigenvalue weighted by molar-refractivity contribution is 0.102. The van der Waals surface area contributed by atoms with Gasteiger partial charge in [0.05, 0.1) is 17.0 Å². The second kappa shape index (κ2) is 6.13. The third-order valence-corrected chi connectivity index (χ3v) is 3.11. The Morgan fingerprint density at radius 3 is 2.50 bits per heavy atom. The van der Waals surface area contributed by atoms with Gasteiger partial charge in [-0.15, -0.1) is 0 Å². The van der Waals surface area contributed by atoms with Gasteiger partial charge < -0.3 is 5.32 Å². The summed E-state index contributed by atoms with van der Waals surface area (Å²) >= 11 is 0. The van der Waals surface area contributed by atoms with Gasteiger partial charge in [-0.1, -0.05) is 6.07 Å². The molecule has 5 nitrogen and oxygen atoms in total. The first-order valence-corrected chi connectivity index (χ1v) is 6.84. The van der Waals surface area contributed by atoms with E-state index in [0.29, 0.717) is 11.3 Å². The van der Waals surface area contributed by atoms with Crippen LogP contribution < -0.4 is 5.32 Å². The highest BCUT2D eigenvalue weighted by Gasteiger charge is 2.08. The van der Waals surface area contributed by atoms with Gasteiger partial charge in [0.15, 0.2) is 0 Å². The van der Waals surface area contributed by atoms with Crippen molar-refractivity contribution in [3.63, 3.8) is 0 Å². The van der Waals surface area contributed by atoms with Crippen LogP contribution >= 0.6 is 0 Å². The molecule has 0 bridgehead atoms. The van der Waals surface area contributed by atoms with E-state index in [9.17, 15) is 4.79 Å². The fourth-order valence-electron chi connectivity index (χ4n) is 2.02. The first-order valence-electron chi connectivity index (χ1n) is 6.84. The van der Waals surface area contributed by atoms with Gasteiger partial charge in [0.2, 0.25) is 0 Å². The van der Waals surface area contributed by atoms with Crippen molar-refractivity contribution in [2.24, 2.45) is 0 Å². The summed E-state index contributed by atoms with van der Waals surface area (Å²) in [6, 6.07) is 12.7. The first-order chi connectivity index (χ1) is 10.7. The lowest BCUT2D eigenvalue weighted by Crippen LogP contribution is -2.12. The van der Waals surface area contributed by atoms with E-state index in [1.54, 1.807) is 36.8 Å².